The number of aromatic nitrogens is 1. The number of halogens is 1. The monoisotopic (exact) mass is 283 g/mol. The molecule has 0 bridgehead atoms. The Morgan fingerprint density at radius 3 is 2.94 bits per heavy atom. The summed E-state index contributed by atoms with van der Waals surface area (Å²) >= 11 is 3.40. The van der Waals surface area contributed by atoms with Crippen LogP contribution in [0.25, 0.3) is 0 Å². The van der Waals surface area contributed by atoms with Crippen LogP contribution in [0.5, 0.6) is 0 Å². The van der Waals surface area contributed by atoms with E-state index in [-0.39, 0.29) is 0 Å². The normalized spacial score (nSPS) is 21.3. The molecule has 3 nitrogen and oxygen atoms in total. The molecular weight excluding hydrogens is 266 g/mol. The van der Waals surface area contributed by atoms with Crippen LogP contribution in [0.2, 0.25) is 0 Å². The maximum atomic E-state index is 4.41. The molecule has 2 heterocycles. The van der Waals surface area contributed by atoms with Gasteiger partial charge in [0.1, 0.15) is 5.82 Å². The second-order valence-corrected chi connectivity index (χ2v) is 5.41. The van der Waals surface area contributed by atoms with E-state index in [4.69, 9.17) is 0 Å². The molecule has 1 unspecified atom stereocenters. The summed E-state index contributed by atoms with van der Waals surface area (Å²) in [5.74, 6) is 1.04. The van der Waals surface area contributed by atoms with E-state index in [1.54, 1.807) is 0 Å². The Morgan fingerprint density at radius 2 is 2.38 bits per heavy atom. The van der Waals surface area contributed by atoms with Gasteiger partial charge in [0, 0.05) is 30.3 Å². The Balaban J connectivity index is 1.97. The van der Waals surface area contributed by atoms with Gasteiger partial charge in [0.2, 0.25) is 0 Å². The van der Waals surface area contributed by atoms with E-state index < -0.39 is 0 Å². The number of hydrogen-bond acceptors (Lipinski definition) is 3. The highest BCUT2D eigenvalue weighted by Gasteiger charge is 2.22. The van der Waals surface area contributed by atoms with Crippen LogP contribution in [0, 0.1) is 0 Å². The summed E-state index contributed by atoms with van der Waals surface area (Å²) < 4.78 is 1.03. The van der Waals surface area contributed by atoms with E-state index in [0.29, 0.717) is 6.04 Å². The third kappa shape index (κ3) is 2.74. The number of likely N-dealkylation sites (tertiary alicyclic amines) is 1. The van der Waals surface area contributed by atoms with E-state index >= 15 is 0 Å². The van der Waals surface area contributed by atoms with E-state index in [9.17, 15) is 0 Å². The van der Waals surface area contributed by atoms with Gasteiger partial charge in [-0.3, -0.25) is 0 Å². The summed E-state index contributed by atoms with van der Waals surface area (Å²) in [7, 11) is 4.32. The highest BCUT2D eigenvalue weighted by atomic mass is 79.9. The lowest BCUT2D eigenvalue weighted by atomic mass is 10.2. The van der Waals surface area contributed by atoms with Crippen LogP contribution in [0.3, 0.4) is 0 Å². The maximum Gasteiger partial charge on any atom is 0.128 e. The Kier molecular flexibility index (Phi) is 3.82. The number of likely N-dealkylation sites (N-methyl/N-ethyl adjacent to an activating group) is 2. The SMILES string of the molecule is CN(CC1CCCN1C)c1ccc(Br)cn1. The Bertz CT molecular complexity index is 339. The average Bonchev–Trinajstić information content (AvgIpc) is 2.65. The predicted octanol–water partition coefficient (Wildman–Crippen LogP) is 2.37. The van der Waals surface area contributed by atoms with Crippen molar-refractivity contribution >= 4 is 21.7 Å². The zero-order chi connectivity index (χ0) is 11.5. The second-order valence-electron chi connectivity index (χ2n) is 4.49. The van der Waals surface area contributed by atoms with Crippen molar-refractivity contribution in [3.05, 3.63) is 22.8 Å². The minimum atomic E-state index is 0.676. The molecule has 1 aromatic heterocycles. The van der Waals surface area contributed by atoms with Gasteiger partial charge in [0.15, 0.2) is 0 Å². The number of hydrogen-bond donors (Lipinski definition) is 0. The first kappa shape index (κ1) is 11.9. The molecule has 1 saturated heterocycles. The summed E-state index contributed by atoms with van der Waals surface area (Å²) in [6.07, 6.45) is 4.48. The number of pyridine rings is 1. The minimum Gasteiger partial charge on any atom is -0.358 e. The van der Waals surface area contributed by atoms with Crippen LogP contribution < -0.4 is 4.90 Å². The lowest BCUT2D eigenvalue weighted by Gasteiger charge is -2.26. The van der Waals surface area contributed by atoms with Crippen molar-refractivity contribution in [1.29, 1.82) is 0 Å². The van der Waals surface area contributed by atoms with Gasteiger partial charge >= 0.3 is 0 Å². The molecule has 0 aliphatic carbocycles. The quantitative estimate of drug-likeness (QED) is 0.849. The lowest BCUT2D eigenvalue weighted by Crippen LogP contribution is -2.36. The van der Waals surface area contributed by atoms with Crippen LogP contribution in [0.4, 0.5) is 5.82 Å². The molecular formula is C12H18BrN3. The summed E-state index contributed by atoms with van der Waals surface area (Å²) in [4.78, 5) is 9.08. The molecule has 0 radical (unpaired) electrons. The molecule has 1 atom stereocenters. The van der Waals surface area contributed by atoms with E-state index in [1.165, 1.54) is 19.4 Å². The van der Waals surface area contributed by atoms with Gasteiger partial charge in [-0.05, 0) is 54.5 Å². The summed E-state index contributed by atoms with van der Waals surface area (Å²) in [6.45, 7) is 2.29. The molecule has 0 N–H and O–H groups in total. The van der Waals surface area contributed by atoms with Crippen LogP contribution >= 0.6 is 15.9 Å². The Hall–Kier alpha value is -0.610. The fraction of sp³-hybridized carbons (Fsp3) is 0.583. The van der Waals surface area contributed by atoms with E-state index in [2.05, 4.69) is 50.9 Å². The molecule has 4 heteroatoms. The van der Waals surface area contributed by atoms with E-state index in [1.807, 2.05) is 12.3 Å². The molecule has 0 aromatic carbocycles. The standard InChI is InChI=1S/C12H18BrN3/c1-15-7-3-4-11(15)9-16(2)12-6-5-10(13)8-14-12/h5-6,8,11H,3-4,7,9H2,1-2H3. The molecule has 1 aliphatic heterocycles. The Labute approximate surface area is 106 Å². The van der Waals surface area contributed by atoms with Crippen molar-refractivity contribution in [2.75, 3.05) is 32.1 Å². The van der Waals surface area contributed by atoms with Crippen molar-refractivity contribution < 1.29 is 0 Å². The van der Waals surface area contributed by atoms with Crippen LogP contribution in [-0.2, 0) is 0 Å². The fourth-order valence-electron chi connectivity index (χ4n) is 2.21. The lowest BCUT2D eigenvalue weighted by molar-refractivity contribution is 0.314. The van der Waals surface area contributed by atoms with Gasteiger partial charge in [0.25, 0.3) is 0 Å². The van der Waals surface area contributed by atoms with Gasteiger partial charge in [-0.25, -0.2) is 4.98 Å². The highest BCUT2D eigenvalue weighted by molar-refractivity contribution is 9.10. The second kappa shape index (κ2) is 5.15. The molecule has 16 heavy (non-hydrogen) atoms. The van der Waals surface area contributed by atoms with Crippen molar-refractivity contribution in [2.24, 2.45) is 0 Å². The predicted molar refractivity (Wildman–Crippen MR) is 70.9 cm³/mol. The molecule has 1 aromatic rings. The molecule has 0 saturated carbocycles. The third-order valence-electron chi connectivity index (χ3n) is 3.26. The van der Waals surface area contributed by atoms with Crippen LogP contribution in [-0.4, -0.2) is 43.1 Å². The number of anilines is 1. The molecule has 0 amide bonds. The summed E-state index contributed by atoms with van der Waals surface area (Å²) in [6, 6.07) is 4.77. The first-order valence-electron chi connectivity index (χ1n) is 5.70. The largest absolute Gasteiger partial charge is 0.358 e. The summed E-state index contributed by atoms with van der Waals surface area (Å²) in [5, 5.41) is 0. The first-order valence-corrected chi connectivity index (χ1v) is 6.49. The molecule has 0 spiro atoms. The smallest absolute Gasteiger partial charge is 0.128 e. The van der Waals surface area contributed by atoms with Crippen molar-refractivity contribution in [3.8, 4) is 0 Å². The number of nitrogens with zero attached hydrogens (tertiary/aromatic N) is 3. The van der Waals surface area contributed by atoms with Gasteiger partial charge in [-0.2, -0.15) is 0 Å². The first-order chi connectivity index (χ1) is 7.66. The molecule has 88 valence electrons. The average molecular weight is 284 g/mol. The van der Waals surface area contributed by atoms with E-state index in [0.717, 1.165) is 16.8 Å². The Morgan fingerprint density at radius 1 is 1.56 bits per heavy atom. The van der Waals surface area contributed by atoms with Crippen molar-refractivity contribution in [3.63, 3.8) is 0 Å². The topological polar surface area (TPSA) is 19.4 Å². The maximum absolute atomic E-state index is 4.41. The zero-order valence-corrected chi connectivity index (χ0v) is 11.4. The van der Waals surface area contributed by atoms with Gasteiger partial charge in [0.05, 0.1) is 0 Å². The van der Waals surface area contributed by atoms with Crippen LogP contribution in [0.1, 0.15) is 12.8 Å². The molecule has 2 rings (SSSR count). The molecule has 1 aliphatic rings. The minimum absolute atomic E-state index is 0.676. The van der Waals surface area contributed by atoms with Gasteiger partial charge in [-0.15, -0.1) is 0 Å². The van der Waals surface area contributed by atoms with Gasteiger partial charge in [-0.1, -0.05) is 0 Å². The molecule has 1 fully saturated rings. The fourth-order valence-corrected chi connectivity index (χ4v) is 2.45. The third-order valence-corrected chi connectivity index (χ3v) is 3.73. The van der Waals surface area contributed by atoms with Crippen LogP contribution in [0.15, 0.2) is 22.8 Å². The highest BCUT2D eigenvalue weighted by Crippen LogP contribution is 2.19. The number of rotatable bonds is 3. The van der Waals surface area contributed by atoms with Crippen molar-refractivity contribution in [2.45, 2.75) is 18.9 Å². The zero-order valence-electron chi connectivity index (χ0n) is 9.86. The van der Waals surface area contributed by atoms with Gasteiger partial charge < -0.3 is 9.80 Å². The van der Waals surface area contributed by atoms with Crippen molar-refractivity contribution in [1.82, 2.24) is 9.88 Å². The summed E-state index contributed by atoms with van der Waals surface area (Å²) in [5.41, 5.74) is 0.